The van der Waals surface area contributed by atoms with Crippen LogP contribution in [0.4, 0.5) is 0 Å². The number of hydrogen-bond acceptors (Lipinski definition) is 5. The first-order chi connectivity index (χ1) is 12.3. The third-order valence-corrected chi connectivity index (χ3v) is 5.21. The Morgan fingerprint density at radius 3 is 2.73 bits per heavy atom. The van der Waals surface area contributed by atoms with Gasteiger partial charge < -0.3 is 14.6 Å². The van der Waals surface area contributed by atoms with Gasteiger partial charge in [0, 0.05) is 16.5 Å². The average molecular weight is 403 g/mol. The molecule has 7 heteroatoms. The molecule has 0 radical (unpaired) electrons. The van der Waals surface area contributed by atoms with Crippen molar-refractivity contribution >= 4 is 35.1 Å². The Kier molecular flexibility index (Phi) is 7.74. The molecule has 1 aromatic carbocycles. The number of aliphatic hydroxyl groups is 1. The summed E-state index contributed by atoms with van der Waals surface area (Å²) >= 11 is 12.0. The summed E-state index contributed by atoms with van der Waals surface area (Å²) in [6, 6.07) is 5.54. The number of halogens is 2. The zero-order valence-corrected chi connectivity index (χ0v) is 16.3. The molecule has 1 fully saturated rings. The van der Waals surface area contributed by atoms with E-state index >= 15 is 0 Å². The minimum atomic E-state index is -1.75. The van der Waals surface area contributed by atoms with E-state index in [9.17, 15) is 14.7 Å². The summed E-state index contributed by atoms with van der Waals surface area (Å²) in [4.78, 5) is 23.1. The second-order valence-electron chi connectivity index (χ2n) is 6.70. The van der Waals surface area contributed by atoms with E-state index < -0.39 is 17.5 Å². The molecule has 1 aliphatic rings. The molecule has 0 spiro atoms. The molecule has 2 atom stereocenters. The number of rotatable bonds is 9. The highest BCUT2D eigenvalue weighted by Crippen LogP contribution is 2.32. The summed E-state index contributed by atoms with van der Waals surface area (Å²) in [5.41, 5.74) is -0.656. The first-order valence-corrected chi connectivity index (χ1v) is 9.54. The van der Waals surface area contributed by atoms with Crippen LogP contribution >= 0.6 is 23.2 Å². The lowest BCUT2D eigenvalue weighted by Crippen LogP contribution is -2.37. The molecule has 0 bridgehead atoms. The van der Waals surface area contributed by atoms with Crippen LogP contribution in [0.1, 0.15) is 50.5 Å². The number of benzene rings is 1. The number of cyclic esters (lactones) is 1. The molecule has 5 nitrogen and oxygen atoms in total. The highest BCUT2D eigenvalue weighted by molar-refractivity contribution is 6.35. The Labute approximate surface area is 163 Å². The molecule has 1 heterocycles. The molecule has 0 unspecified atom stereocenters. The van der Waals surface area contributed by atoms with Crippen LogP contribution in [0.2, 0.25) is 10.0 Å². The summed E-state index contributed by atoms with van der Waals surface area (Å²) in [5.74, 6) is -1.35. The number of aryl methyl sites for hydroxylation is 1. The van der Waals surface area contributed by atoms with Crippen LogP contribution in [0.15, 0.2) is 18.2 Å². The van der Waals surface area contributed by atoms with E-state index in [1.807, 2.05) is 12.1 Å². The minimum absolute atomic E-state index is 0.140. The topological polar surface area (TPSA) is 72.8 Å². The van der Waals surface area contributed by atoms with Crippen molar-refractivity contribution in [3.63, 3.8) is 0 Å². The van der Waals surface area contributed by atoms with E-state index in [1.54, 1.807) is 6.07 Å². The fraction of sp³-hybridized carbons (Fsp3) is 0.579. The molecule has 0 aliphatic carbocycles. The van der Waals surface area contributed by atoms with Crippen LogP contribution in [-0.4, -0.2) is 35.9 Å². The molecule has 1 saturated heterocycles. The molecular formula is C19H24Cl2O5. The second-order valence-corrected chi connectivity index (χ2v) is 7.55. The maximum absolute atomic E-state index is 11.8. The molecule has 144 valence electrons. The molecule has 1 N–H and O–H groups in total. The number of methoxy groups -OCH3 is 1. The number of hydrogen-bond donors (Lipinski definition) is 1. The van der Waals surface area contributed by atoms with Gasteiger partial charge in [-0.25, -0.2) is 4.79 Å². The van der Waals surface area contributed by atoms with Crippen molar-refractivity contribution in [2.24, 2.45) is 0 Å². The van der Waals surface area contributed by atoms with Crippen LogP contribution in [0.3, 0.4) is 0 Å². The highest BCUT2D eigenvalue weighted by Gasteiger charge is 2.49. The number of carbonyl (C=O) groups is 2. The molecular weight excluding hydrogens is 379 g/mol. The maximum Gasteiger partial charge on any atom is 0.339 e. The van der Waals surface area contributed by atoms with E-state index in [0.717, 1.165) is 37.7 Å². The Morgan fingerprint density at radius 2 is 2.04 bits per heavy atom. The summed E-state index contributed by atoms with van der Waals surface area (Å²) < 4.78 is 9.71. The molecule has 2 rings (SSSR count). The van der Waals surface area contributed by atoms with Crippen molar-refractivity contribution in [1.82, 2.24) is 0 Å². The van der Waals surface area contributed by atoms with Gasteiger partial charge in [-0.2, -0.15) is 0 Å². The van der Waals surface area contributed by atoms with E-state index in [0.29, 0.717) is 16.5 Å². The predicted octanol–water partition coefficient (Wildman–Crippen LogP) is 4.10. The van der Waals surface area contributed by atoms with Gasteiger partial charge in [-0.3, -0.25) is 4.79 Å². The Hall–Kier alpha value is -1.30. The number of esters is 2. The fourth-order valence-electron chi connectivity index (χ4n) is 3.14. The van der Waals surface area contributed by atoms with Crippen molar-refractivity contribution in [2.45, 2.75) is 63.1 Å². The van der Waals surface area contributed by atoms with Crippen LogP contribution < -0.4 is 0 Å². The fourth-order valence-corrected chi connectivity index (χ4v) is 3.65. The number of unbranched alkanes of at least 4 members (excludes halogenated alkanes) is 3. The van der Waals surface area contributed by atoms with E-state index in [4.69, 9.17) is 27.9 Å². The van der Waals surface area contributed by atoms with Gasteiger partial charge in [0.1, 0.15) is 6.10 Å². The van der Waals surface area contributed by atoms with Gasteiger partial charge in [0.15, 0.2) is 5.60 Å². The largest absolute Gasteiger partial charge is 0.469 e. The highest BCUT2D eigenvalue weighted by atomic mass is 35.5. The van der Waals surface area contributed by atoms with Crippen molar-refractivity contribution in [2.75, 3.05) is 7.11 Å². The van der Waals surface area contributed by atoms with Crippen LogP contribution in [-0.2, 0) is 25.5 Å². The summed E-state index contributed by atoms with van der Waals surface area (Å²) in [6.07, 6.45) is 4.94. The smallest absolute Gasteiger partial charge is 0.339 e. The maximum atomic E-state index is 11.8. The minimum Gasteiger partial charge on any atom is -0.469 e. The SMILES string of the molecule is COC(=O)C[C@]1(O)C[C@H](CCCCCCc2ccc(Cl)cc2Cl)OC1=O. The predicted molar refractivity (Wildman–Crippen MR) is 99.3 cm³/mol. The van der Waals surface area contributed by atoms with Crippen molar-refractivity contribution in [3.05, 3.63) is 33.8 Å². The van der Waals surface area contributed by atoms with Gasteiger partial charge >= 0.3 is 11.9 Å². The van der Waals surface area contributed by atoms with E-state index in [2.05, 4.69) is 4.74 Å². The lowest BCUT2D eigenvalue weighted by Gasteiger charge is -2.15. The first-order valence-electron chi connectivity index (χ1n) is 8.78. The van der Waals surface area contributed by atoms with Crippen molar-refractivity contribution in [3.8, 4) is 0 Å². The average Bonchev–Trinajstić information content (AvgIpc) is 2.86. The summed E-state index contributed by atoms with van der Waals surface area (Å²) in [6.45, 7) is 0. The third-order valence-electron chi connectivity index (χ3n) is 4.62. The molecule has 0 saturated carbocycles. The Bertz CT molecular complexity index is 649. The lowest BCUT2D eigenvalue weighted by molar-refractivity contribution is -0.161. The van der Waals surface area contributed by atoms with Gasteiger partial charge in [0.2, 0.25) is 0 Å². The van der Waals surface area contributed by atoms with Crippen molar-refractivity contribution < 1.29 is 24.2 Å². The second kappa shape index (κ2) is 9.58. The van der Waals surface area contributed by atoms with Crippen LogP contribution in [0.25, 0.3) is 0 Å². The van der Waals surface area contributed by atoms with Crippen LogP contribution in [0.5, 0.6) is 0 Å². The molecule has 0 amide bonds. The Morgan fingerprint density at radius 1 is 1.31 bits per heavy atom. The normalized spacial score (nSPS) is 22.3. The van der Waals surface area contributed by atoms with Gasteiger partial charge in [-0.05, 0) is 43.4 Å². The van der Waals surface area contributed by atoms with E-state index in [1.165, 1.54) is 7.11 Å². The van der Waals surface area contributed by atoms with Crippen LogP contribution in [0, 0.1) is 0 Å². The zero-order chi connectivity index (χ0) is 19.2. The quantitative estimate of drug-likeness (QED) is 0.497. The third kappa shape index (κ3) is 5.86. The zero-order valence-electron chi connectivity index (χ0n) is 14.8. The Balaban J connectivity index is 1.64. The number of ether oxygens (including phenoxy) is 2. The standard InChI is InChI=1S/C19H24Cl2O5/c1-25-17(22)12-19(24)11-15(26-18(19)23)7-5-3-2-4-6-13-8-9-14(20)10-16(13)21/h8-10,15,24H,2-7,11-12H2,1H3/t15-,19+/m0/s1. The lowest BCUT2D eigenvalue weighted by atomic mass is 9.93. The molecule has 0 aromatic heterocycles. The first kappa shape index (κ1) is 21.0. The van der Waals surface area contributed by atoms with Gasteiger partial charge in [0.25, 0.3) is 0 Å². The summed E-state index contributed by atoms with van der Waals surface area (Å²) in [5, 5.41) is 11.6. The molecule has 26 heavy (non-hydrogen) atoms. The van der Waals surface area contributed by atoms with E-state index in [-0.39, 0.29) is 18.9 Å². The van der Waals surface area contributed by atoms with Gasteiger partial charge in [-0.15, -0.1) is 0 Å². The molecule has 1 aromatic rings. The van der Waals surface area contributed by atoms with Crippen molar-refractivity contribution in [1.29, 1.82) is 0 Å². The monoisotopic (exact) mass is 402 g/mol. The van der Waals surface area contributed by atoms with Gasteiger partial charge in [-0.1, -0.05) is 42.1 Å². The summed E-state index contributed by atoms with van der Waals surface area (Å²) in [7, 11) is 1.22. The van der Waals surface area contributed by atoms with Gasteiger partial charge in [0.05, 0.1) is 13.5 Å². The number of carbonyl (C=O) groups excluding carboxylic acids is 2. The molecule has 1 aliphatic heterocycles.